The summed E-state index contributed by atoms with van der Waals surface area (Å²) in [6, 6.07) is 25.9. The number of carbonyl (C=O) groups is 1. The topological polar surface area (TPSA) is 77.0 Å². The Morgan fingerprint density at radius 1 is 1.00 bits per heavy atom. The molecule has 0 atom stereocenters. The van der Waals surface area contributed by atoms with E-state index in [1.54, 1.807) is 0 Å². The average molecular weight is 523 g/mol. The smallest absolute Gasteiger partial charge is 0.319 e. The standard InChI is InChI=1S/C21H27N3O.C13H15N/c1-15(2)17-12-11-16(3)19(13-17)23-20(25)24-21(4,5)14-22-18-9-7-6-8-10-18;14-10-11-6-8-13(9-7-11)12-4-2-1-3-5-12/h6-13,22H,1,14H2,2-5H3,(H2,23,24,25);6-9,12H,1-5H2. The summed E-state index contributed by atoms with van der Waals surface area (Å²) in [7, 11) is 0. The van der Waals surface area contributed by atoms with Crippen molar-refractivity contribution in [1.29, 1.82) is 5.26 Å². The minimum atomic E-state index is -0.403. The molecule has 39 heavy (non-hydrogen) atoms. The van der Waals surface area contributed by atoms with Crippen LogP contribution >= 0.6 is 0 Å². The summed E-state index contributed by atoms with van der Waals surface area (Å²) in [4.78, 5) is 12.4. The molecule has 3 aromatic carbocycles. The van der Waals surface area contributed by atoms with Crippen molar-refractivity contribution < 1.29 is 4.79 Å². The summed E-state index contributed by atoms with van der Waals surface area (Å²) >= 11 is 0. The van der Waals surface area contributed by atoms with Crippen molar-refractivity contribution in [2.75, 3.05) is 17.2 Å². The van der Waals surface area contributed by atoms with Crippen LogP contribution in [-0.2, 0) is 0 Å². The maximum absolute atomic E-state index is 12.4. The second-order valence-corrected chi connectivity index (χ2v) is 11.1. The minimum absolute atomic E-state index is 0.221. The van der Waals surface area contributed by atoms with E-state index in [1.807, 2.05) is 88.4 Å². The van der Waals surface area contributed by atoms with E-state index in [0.29, 0.717) is 6.54 Å². The van der Waals surface area contributed by atoms with Gasteiger partial charge in [0.1, 0.15) is 0 Å². The lowest BCUT2D eigenvalue weighted by molar-refractivity contribution is 0.243. The largest absolute Gasteiger partial charge is 0.383 e. The first kappa shape index (κ1) is 29.5. The number of nitrogens with one attached hydrogen (secondary N) is 3. The van der Waals surface area contributed by atoms with Crippen molar-refractivity contribution >= 4 is 23.0 Å². The van der Waals surface area contributed by atoms with Gasteiger partial charge >= 0.3 is 6.03 Å². The van der Waals surface area contributed by atoms with Gasteiger partial charge in [0.05, 0.1) is 17.2 Å². The van der Waals surface area contributed by atoms with Crippen LogP contribution in [0.4, 0.5) is 16.2 Å². The number of nitriles is 1. The fourth-order valence-corrected chi connectivity index (χ4v) is 4.67. The molecule has 0 heterocycles. The third kappa shape index (κ3) is 9.65. The summed E-state index contributed by atoms with van der Waals surface area (Å²) < 4.78 is 0. The van der Waals surface area contributed by atoms with Gasteiger partial charge in [-0.05, 0) is 93.5 Å². The Hall–Kier alpha value is -4.04. The predicted octanol–water partition coefficient (Wildman–Crippen LogP) is 8.65. The molecule has 0 spiro atoms. The number of hydrogen-bond acceptors (Lipinski definition) is 3. The fraction of sp³-hybridized carbons (Fsp3) is 0.353. The first-order valence-corrected chi connectivity index (χ1v) is 13.8. The van der Waals surface area contributed by atoms with E-state index in [0.717, 1.165) is 39.6 Å². The van der Waals surface area contributed by atoms with E-state index >= 15 is 0 Å². The van der Waals surface area contributed by atoms with Crippen molar-refractivity contribution in [3.05, 3.63) is 102 Å². The quantitative estimate of drug-likeness (QED) is 0.291. The molecule has 1 fully saturated rings. The van der Waals surface area contributed by atoms with Gasteiger partial charge in [-0.15, -0.1) is 0 Å². The number of rotatable bonds is 7. The molecule has 5 nitrogen and oxygen atoms in total. The molecule has 4 rings (SSSR count). The number of para-hydroxylation sites is 1. The van der Waals surface area contributed by atoms with E-state index in [-0.39, 0.29) is 6.03 Å². The van der Waals surface area contributed by atoms with Crippen molar-refractivity contribution in [2.45, 2.75) is 71.3 Å². The van der Waals surface area contributed by atoms with Crippen LogP contribution < -0.4 is 16.0 Å². The van der Waals surface area contributed by atoms with Crippen molar-refractivity contribution in [3.63, 3.8) is 0 Å². The van der Waals surface area contributed by atoms with Crippen LogP contribution in [0.15, 0.2) is 79.4 Å². The SMILES string of the molecule is C=C(C)c1ccc(C)c(NC(=O)NC(C)(C)CNc2ccccc2)c1.N#Cc1ccc(C2CCCCC2)cc1. The Balaban J connectivity index is 0.000000252. The van der Waals surface area contributed by atoms with Gasteiger partial charge in [-0.2, -0.15) is 5.26 Å². The van der Waals surface area contributed by atoms with Gasteiger partial charge in [0.15, 0.2) is 0 Å². The van der Waals surface area contributed by atoms with Gasteiger partial charge in [-0.1, -0.05) is 73.9 Å². The number of urea groups is 1. The maximum Gasteiger partial charge on any atom is 0.319 e. The number of allylic oxidation sites excluding steroid dienone is 1. The van der Waals surface area contributed by atoms with Crippen LogP contribution in [0, 0.1) is 18.3 Å². The fourth-order valence-electron chi connectivity index (χ4n) is 4.67. The number of hydrogen-bond donors (Lipinski definition) is 3. The number of amides is 2. The molecule has 1 aliphatic rings. The van der Waals surface area contributed by atoms with E-state index in [2.05, 4.69) is 40.7 Å². The molecular weight excluding hydrogens is 480 g/mol. The second-order valence-electron chi connectivity index (χ2n) is 11.1. The Morgan fingerprint density at radius 3 is 2.28 bits per heavy atom. The first-order chi connectivity index (χ1) is 18.7. The highest BCUT2D eigenvalue weighted by atomic mass is 16.2. The van der Waals surface area contributed by atoms with E-state index in [9.17, 15) is 4.79 Å². The summed E-state index contributed by atoms with van der Waals surface area (Å²) in [6.07, 6.45) is 6.78. The number of nitrogens with zero attached hydrogens (tertiary/aromatic N) is 1. The lowest BCUT2D eigenvalue weighted by Crippen LogP contribution is -2.50. The molecule has 0 saturated heterocycles. The summed E-state index contributed by atoms with van der Waals surface area (Å²) in [5.74, 6) is 0.747. The van der Waals surface area contributed by atoms with Crippen LogP contribution in [0.1, 0.15) is 81.0 Å². The van der Waals surface area contributed by atoms with E-state index in [4.69, 9.17) is 5.26 Å². The molecule has 1 saturated carbocycles. The maximum atomic E-state index is 12.4. The van der Waals surface area contributed by atoms with Gasteiger partial charge in [0.2, 0.25) is 0 Å². The molecular formula is C34H42N4O. The highest BCUT2D eigenvalue weighted by molar-refractivity contribution is 5.91. The zero-order valence-electron chi connectivity index (χ0n) is 23.8. The van der Waals surface area contributed by atoms with Crippen LogP contribution in [-0.4, -0.2) is 18.1 Å². The van der Waals surface area contributed by atoms with Crippen molar-refractivity contribution in [1.82, 2.24) is 5.32 Å². The molecule has 1 aliphatic carbocycles. The van der Waals surface area contributed by atoms with Crippen LogP contribution in [0.5, 0.6) is 0 Å². The molecule has 0 radical (unpaired) electrons. The molecule has 3 N–H and O–H groups in total. The van der Waals surface area contributed by atoms with Gasteiger partial charge < -0.3 is 16.0 Å². The number of benzene rings is 3. The highest BCUT2D eigenvalue weighted by Gasteiger charge is 2.20. The van der Waals surface area contributed by atoms with Crippen molar-refractivity contribution in [3.8, 4) is 6.07 Å². The molecule has 0 aliphatic heterocycles. The Kier molecular flexibility index (Phi) is 10.8. The monoisotopic (exact) mass is 522 g/mol. The summed E-state index contributed by atoms with van der Waals surface area (Å²) in [5.41, 5.74) is 6.61. The van der Waals surface area contributed by atoms with Gasteiger partial charge in [0, 0.05) is 17.9 Å². The second kappa shape index (κ2) is 14.2. The van der Waals surface area contributed by atoms with Crippen LogP contribution in [0.25, 0.3) is 5.57 Å². The molecule has 3 aromatic rings. The molecule has 0 bridgehead atoms. The zero-order chi connectivity index (χ0) is 28.3. The molecule has 0 aromatic heterocycles. The van der Waals surface area contributed by atoms with Crippen molar-refractivity contribution in [2.24, 2.45) is 0 Å². The Labute approximate surface area is 234 Å². The van der Waals surface area contributed by atoms with Crippen LogP contribution in [0.2, 0.25) is 0 Å². The summed E-state index contributed by atoms with van der Waals surface area (Å²) in [6.45, 7) is 12.5. The van der Waals surface area contributed by atoms with E-state index in [1.165, 1.54) is 37.7 Å². The normalized spacial score (nSPS) is 13.3. The Bertz CT molecular complexity index is 1270. The third-order valence-corrected chi connectivity index (χ3v) is 7.06. The lowest BCUT2D eigenvalue weighted by Gasteiger charge is -2.27. The van der Waals surface area contributed by atoms with E-state index < -0.39 is 5.54 Å². The molecule has 5 heteroatoms. The highest BCUT2D eigenvalue weighted by Crippen LogP contribution is 2.32. The number of aryl methyl sites for hydroxylation is 1. The average Bonchev–Trinajstić information content (AvgIpc) is 2.94. The van der Waals surface area contributed by atoms with Crippen LogP contribution in [0.3, 0.4) is 0 Å². The molecule has 2 amide bonds. The van der Waals surface area contributed by atoms with Gasteiger partial charge in [0.25, 0.3) is 0 Å². The predicted molar refractivity (Wildman–Crippen MR) is 164 cm³/mol. The molecule has 204 valence electrons. The zero-order valence-corrected chi connectivity index (χ0v) is 23.8. The minimum Gasteiger partial charge on any atom is -0.383 e. The number of anilines is 2. The van der Waals surface area contributed by atoms with Gasteiger partial charge in [-0.25, -0.2) is 4.79 Å². The first-order valence-electron chi connectivity index (χ1n) is 13.8. The Morgan fingerprint density at radius 2 is 1.67 bits per heavy atom. The van der Waals surface area contributed by atoms with Gasteiger partial charge in [-0.3, -0.25) is 0 Å². The molecule has 0 unspecified atom stereocenters. The third-order valence-electron chi connectivity index (χ3n) is 7.06. The number of carbonyl (C=O) groups excluding carboxylic acids is 1. The summed E-state index contributed by atoms with van der Waals surface area (Å²) in [5, 5.41) is 18.0. The lowest BCUT2D eigenvalue weighted by atomic mass is 9.84.